The zero-order chi connectivity index (χ0) is 26.1. The quantitative estimate of drug-likeness (QED) is 0.439. The molecule has 0 radical (unpaired) electrons. The molecule has 0 aliphatic heterocycles. The van der Waals surface area contributed by atoms with Crippen molar-refractivity contribution in [2.45, 2.75) is 96.0 Å². The second kappa shape index (κ2) is 9.75. The molecular formula is C32H48O6. The minimum Gasteiger partial charge on any atom is -0.465 e. The van der Waals surface area contributed by atoms with Crippen molar-refractivity contribution in [3.63, 3.8) is 0 Å². The summed E-state index contributed by atoms with van der Waals surface area (Å²) in [5.41, 5.74) is -0.514. The number of ether oxygens (including phenoxy) is 3. The van der Waals surface area contributed by atoms with Crippen molar-refractivity contribution >= 4 is 11.9 Å². The lowest BCUT2D eigenvalue weighted by Gasteiger charge is -2.58. The van der Waals surface area contributed by atoms with Crippen molar-refractivity contribution in [2.24, 2.45) is 64.1 Å². The molecule has 0 amide bonds. The molecule has 9 fully saturated rings. The summed E-state index contributed by atoms with van der Waals surface area (Å²) >= 11 is 0. The molecule has 0 heterocycles. The molecule has 9 aliphatic rings. The summed E-state index contributed by atoms with van der Waals surface area (Å²) in [6.07, 6.45) is 15.2. The molecule has 0 spiro atoms. The Bertz CT molecular complexity index is 817. The van der Waals surface area contributed by atoms with Crippen LogP contribution < -0.4 is 0 Å². The summed E-state index contributed by atoms with van der Waals surface area (Å²) in [7, 11) is 1.84. The normalized spacial score (nSPS) is 50.3. The Balaban J connectivity index is 0.860. The van der Waals surface area contributed by atoms with Gasteiger partial charge in [0.2, 0.25) is 0 Å². The zero-order valence-corrected chi connectivity index (χ0v) is 23.3. The Hall–Kier alpha value is -1.14. The van der Waals surface area contributed by atoms with Gasteiger partial charge in [0.15, 0.2) is 0 Å². The van der Waals surface area contributed by atoms with E-state index in [-0.39, 0.29) is 29.4 Å². The molecule has 9 rings (SSSR count). The predicted molar refractivity (Wildman–Crippen MR) is 141 cm³/mol. The lowest BCUT2D eigenvalue weighted by atomic mass is 9.46. The number of methoxy groups -OCH3 is 1. The molecular weight excluding hydrogens is 480 g/mol. The molecule has 9 aliphatic carbocycles. The Kier molecular flexibility index (Phi) is 6.62. The molecule has 212 valence electrons. The van der Waals surface area contributed by atoms with Gasteiger partial charge in [-0.05, 0) is 143 Å². The van der Waals surface area contributed by atoms with Gasteiger partial charge in [0.05, 0.1) is 30.1 Å². The highest BCUT2D eigenvalue weighted by molar-refractivity contribution is 5.78. The van der Waals surface area contributed by atoms with Crippen LogP contribution in [0.25, 0.3) is 0 Å². The highest BCUT2D eigenvalue weighted by Gasteiger charge is 2.60. The molecule has 4 atom stereocenters. The van der Waals surface area contributed by atoms with Gasteiger partial charge in [-0.1, -0.05) is 0 Å². The first kappa shape index (κ1) is 25.8. The van der Waals surface area contributed by atoms with Crippen LogP contribution in [0.5, 0.6) is 0 Å². The van der Waals surface area contributed by atoms with Crippen molar-refractivity contribution in [2.75, 3.05) is 26.9 Å². The third kappa shape index (κ3) is 4.26. The van der Waals surface area contributed by atoms with Crippen molar-refractivity contribution in [3.05, 3.63) is 0 Å². The monoisotopic (exact) mass is 528 g/mol. The molecule has 6 nitrogen and oxygen atoms in total. The van der Waals surface area contributed by atoms with Gasteiger partial charge < -0.3 is 19.3 Å². The molecule has 0 aromatic heterocycles. The van der Waals surface area contributed by atoms with Crippen LogP contribution >= 0.6 is 0 Å². The lowest BCUT2D eigenvalue weighted by Crippen LogP contribution is -2.57. The van der Waals surface area contributed by atoms with E-state index in [9.17, 15) is 14.7 Å². The Morgan fingerprint density at radius 1 is 0.684 bits per heavy atom. The van der Waals surface area contributed by atoms with Crippen molar-refractivity contribution in [1.82, 2.24) is 0 Å². The number of rotatable bonds is 8. The second-order valence-corrected chi connectivity index (χ2v) is 15.1. The average Bonchev–Trinajstić information content (AvgIpc) is 2.90. The van der Waals surface area contributed by atoms with Crippen LogP contribution in [0.2, 0.25) is 0 Å². The van der Waals surface area contributed by atoms with Crippen LogP contribution in [0.1, 0.15) is 89.9 Å². The molecule has 0 saturated heterocycles. The molecule has 0 aromatic carbocycles. The van der Waals surface area contributed by atoms with Crippen LogP contribution in [0.15, 0.2) is 0 Å². The number of hydrogen-bond acceptors (Lipinski definition) is 6. The highest BCUT2D eigenvalue weighted by atomic mass is 16.5. The standard InChI is InChI=1S/C32H48O6/c1-36-28-25-8-22-9-26(28)15-32(11-22,14-25)30(35)38-18-20-4-2-19(3-5-20)17-37-29(34)31-10-21-6-23(12-31)27(16-33)24(7-21)13-31/h19-28,33H,2-18H2,1H3. The minimum absolute atomic E-state index is 0.0515. The molecule has 38 heavy (non-hydrogen) atoms. The summed E-state index contributed by atoms with van der Waals surface area (Å²) in [4.78, 5) is 26.7. The van der Waals surface area contributed by atoms with Crippen LogP contribution in [0, 0.1) is 64.1 Å². The number of carbonyl (C=O) groups is 2. The summed E-state index contributed by atoms with van der Waals surface area (Å²) < 4.78 is 17.9. The molecule has 6 heteroatoms. The topological polar surface area (TPSA) is 82.1 Å². The van der Waals surface area contributed by atoms with Gasteiger partial charge in [0, 0.05) is 13.7 Å². The first-order chi connectivity index (χ1) is 18.4. The maximum atomic E-state index is 13.3. The van der Waals surface area contributed by atoms with Gasteiger partial charge in [0.1, 0.15) is 0 Å². The van der Waals surface area contributed by atoms with E-state index in [1.807, 2.05) is 7.11 Å². The summed E-state index contributed by atoms with van der Waals surface area (Å²) in [5.74, 6) is 4.81. The Labute approximate surface area is 227 Å². The Morgan fingerprint density at radius 2 is 1.11 bits per heavy atom. The summed E-state index contributed by atoms with van der Waals surface area (Å²) in [6.45, 7) is 1.38. The third-order valence-electron chi connectivity index (χ3n) is 12.9. The maximum absolute atomic E-state index is 13.3. The van der Waals surface area contributed by atoms with Crippen LogP contribution in [0.3, 0.4) is 0 Å². The van der Waals surface area contributed by atoms with Crippen molar-refractivity contribution in [3.8, 4) is 0 Å². The largest absolute Gasteiger partial charge is 0.465 e. The lowest BCUT2D eigenvalue weighted by molar-refractivity contribution is -0.189. The van der Waals surface area contributed by atoms with E-state index >= 15 is 0 Å². The van der Waals surface area contributed by atoms with E-state index in [2.05, 4.69) is 0 Å². The van der Waals surface area contributed by atoms with Crippen LogP contribution in [-0.2, 0) is 23.8 Å². The van der Waals surface area contributed by atoms with Crippen LogP contribution in [-0.4, -0.2) is 50.1 Å². The first-order valence-corrected chi connectivity index (χ1v) is 15.9. The first-order valence-electron chi connectivity index (χ1n) is 15.9. The van der Waals surface area contributed by atoms with E-state index in [4.69, 9.17) is 14.2 Å². The fourth-order valence-electron chi connectivity index (χ4n) is 11.5. The number of aliphatic hydroxyl groups is 1. The highest BCUT2D eigenvalue weighted by Crippen LogP contribution is 2.63. The second-order valence-electron chi connectivity index (χ2n) is 15.1. The van der Waals surface area contributed by atoms with Crippen LogP contribution in [0.4, 0.5) is 0 Å². The SMILES string of the molecule is COC1C2CC3CC1CC(C(=O)OCC1CCC(COC(=O)C45CC6CC(C4)C(CO)C(C6)C5)CC1)(C3)C2. The molecule has 1 N–H and O–H groups in total. The summed E-state index contributed by atoms with van der Waals surface area (Å²) in [6, 6.07) is 0. The van der Waals surface area contributed by atoms with Gasteiger partial charge in [0.25, 0.3) is 0 Å². The van der Waals surface area contributed by atoms with Gasteiger partial charge >= 0.3 is 11.9 Å². The number of hydrogen-bond donors (Lipinski definition) is 1. The Morgan fingerprint density at radius 3 is 1.53 bits per heavy atom. The summed E-state index contributed by atoms with van der Waals surface area (Å²) in [5, 5.41) is 9.87. The number of aliphatic hydroxyl groups excluding tert-OH is 1. The number of esters is 2. The fraction of sp³-hybridized carbons (Fsp3) is 0.938. The van der Waals surface area contributed by atoms with E-state index in [1.54, 1.807) is 0 Å². The minimum atomic E-state index is -0.270. The van der Waals surface area contributed by atoms with E-state index in [0.717, 1.165) is 64.2 Å². The molecule has 9 saturated carbocycles. The van der Waals surface area contributed by atoms with Gasteiger partial charge in [-0.2, -0.15) is 0 Å². The van der Waals surface area contributed by atoms with Crippen molar-refractivity contribution in [1.29, 1.82) is 0 Å². The zero-order valence-electron chi connectivity index (χ0n) is 23.3. The third-order valence-corrected chi connectivity index (χ3v) is 12.9. The van der Waals surface area contributed by atoms with E-state index in [1.165, 1.54) is 25.7 Å². The fourth-order valence-corrected chi connectivity index (χ4v) is 11.5. The van der Waals surface area contributed by atoms with E-state index in [0.29, 0.717) is 72.6 Å². The molecule has 0 aromatic rings. The average molecular weight is 529 g/mol. The smallest absolute Gasteiger partial charge is 0.312 e. The van der Waals surface area contributed by atoms with Crippen molar-refractivity contribution < 1.29 is 28.9 Å². The molecule has 4 unspecified atom stereocenters. The van der Waals surface area contributed by atoms with Gasteiger partial charge in [-0.3, -0.25) is 9.59 Å². The predicted octanol–water partition coefficient (Wildman–Crippen LogP) is 5.16. The number of carbonyl (C=O) groups excluding carboxylic acids is 2. The van der Waals surface area contributed by atoms with Gasteiger partial charge in [-0.25, -0.2) is 0 Å². The van der Waals surface area contributed by atoms with E-state index < -0.39 is 0 Å². The maximum Gasteiger partial charge on any atom is 0.312 e. The van der Waals surface area contributed by atoms with Gasteiger partial charge in [-0.15, -0.1) is 0 Å². The molecule has 8 bridgehead atoms.